The van der Waals surface area contributed by atoms with Crippen LogP contribution in [0.1, 0.15) is 44.2 Å². The van der Waals surface area contributed by atoms with Crippen LogP contribution in [0.15, 0.2) is 18.2 Å². The first-order valence-electron chi connectivity index (χ1n) is 7.82. The number of rotatable bonds is 5. The molecule has 0 spiro atoms. The summed E-state index contributed by atoms with van der Waals surface area (Å²) in [6.45, 7) is 8.77. The van der Waals surface area contributed by atoms with Crippen LogP contribution in [0.5, 0.6) is 0 Å². The fourth-order valence-corrected chi connectivity index (χ4v) is 2.90. The Hall–Kier alpha value is -1.06. The fourth-order valence-electron chi connectivity index (χ4n) is 2.90. The van der Waals surface area contributed by atoms with Crippen molar-refractivity contribution < 1.29 is 5.11 Å². The van der Waals surface area contributed by atoms with Gasteiger partial charge >= 0.3 is 0 Å². The highest BCUT2D eigenvalue weighted by atomic mass is 16.3. The van der Waals surface area contributed by atoms with Gasteiger partial charge in [-0.1, -0.05) is 19.9 Å². The van der Waals surface area contributed by atoms with E-state index in [1.54, 1.807) is 0 Å². The monoisotopic (exact) mass is 276 g/mol. The Morgan fingerprint density at radius 1 is 1.35 bits per heavy atom. The molecule has 0 aliphatic carbocycles. The van der Waals surface area contributed by atoms with Crippen molar-refractivity contribution in [1.29, 1.82) is 0 Å². The normalized spacial score (nSPS) is 19.6. The number of benzene rings is 1. The maximum Gasteiger partial charge on any atom is 0.0635 e. The molecule has 20 heavy (non-hydrogen) atoms. The van der Waals surface area contributed by atoms with Gasteiger partial charge in [-0.3, -0.25) is 0 Å². The standard InChI is InChI=1S/C17H28N2O/c1-13(2)18-11-15-7-8-16(10-14(15)3)19-9-5-4-6-17(19)12-20/h7-8,10,13,17-18,20H,4-6,9,11-12H2,1-3H3. The van der Waals surface area contributed by atoms with Crippen LogP contribution in [-0.2, 0) is 6.54 Å². The lowest BCUT2D eigenvalue weighted by Gasteiger charge is -2.37. The van der Waals surface area contributed by atoms with Crippen LogP contribution in [0.2, 0.25) is 0 Å². The number of hydrogen-bond donors (Lipinski definition) is 2. The van der Waals surface area contributed by atoms with E-state index in [0.717, 1.165) is 19.5 Å². The Labute approximate surface area is 123 Å². The SMILES string of the molecule is Cc1cc(N2CCCCC2CO)ccc1CNC(C)C. The van der Waals surface area contributed by atoms with Crippen LogP contribution >= 0.6 is 0 Å². The van der Waals surface area contributed by atoms with E-state index in [4.69, 9.17) is 0 Å². The maximum absolute atomic E-state index is 9.54. The van der Waals surface area contributed by atoms with Crippen molar-refractivity contribution in [2.75, 3.05) is 18.1 Å². The third kappa shape index (κ3) is 3.74. The molecule has 0 bridgehead atoms. The van der Waals surface area contributed by atoms with Crippen molar-refractivity contribution in [3.63, 3.8) is 0 Å². The quantitative estimate of drug-likeness (QED) is 0.868. The van der Waals surface area contributed by atoms with Gasteiger partial charge in [0.25, 0.3) is 0 Å². The zero-order valence-electron chi connectivity index (χ0n) is 13.0. The predicted octanol–water partition coefficient (Wildman–Crippen LogP) is 2.84. The number of nitrogens with one attached hydrogen (secondary N) is 1. The highest BCUT2D eigenvalue weighted by molar-refractivity contribution is 5.52. The summed E-state index contributed by atoms with van der Waals surface area (Å²) in [4.78, 5) is 2.37. The molecular weight excluding hydrogens is 248 g/mol. The highest BCUT2D eigenvalue weighted by Crippen LogP contribution is 2.26. The van der Waals surface area contributed by atoms with Gasteiger partial charge in [-0.25, -0.2) is 0 Å². The van der Waals surface area contributed by atoms with Crippen LogP contribution in [0.25, 0.3) is 0 Å². The molecule has 1 fully saturated rings. The number of aryl methyl sites for hydroxylation is 1. The molecular formula is C17H28N2O. The molecule has 0 amide bonds. The summed E-state index contributed by atoms with van der Waals surface area (Å²) in [5, 5.41) is 13.0. The molecule has 3 nitrogen and oxygen atoms in total. The lowest BCUT2D eigenvalue weighted by molar-refractivity contribution is 0.240. The Bertz CT molecular complexity index is 431. The van der Waals surface area contributed by atoms with Gasteiger partial charge in [-0.2, -0.15) is 0 Å². The number of aliphatic hydroxyl groups is 1. The molecule has 1 aliphatic heterocycles. The predicted molar refractivity (Wildman–Crippen MR) is 85.2 cm³/mol. The molecule has 1 atom stereocenters. The summed E-state index contributed by atoms with van der Waals surface area (Å²) < 4.78 is 0. The Morgan fingerprint density at radius 3 is 2.80 bits per heavy atom. The van der Waals surface area contributed by atoms with Crippen LogP contribution in [0, 0.1) is 6.92 Å². The molecule has 3 heteroatoms. The van der Waals surface area contributed by atoms with E-state index >= 15 is 0 Å². The number of piperidine rings is 1. The molecule has 2 N–H and O–H groups in total. The lowest BCUT2D eigenvalue weighted by atomic mass is 10.00. The highest BCUT2D eigenvalue weighted by Gasteiger charge is 2.22. The second kappa shape index (κ2) is 7.09. The lowest BCUT2D eigenvalue weighted by Crippen LogP contribution is -2.41. The van der Waals surface area contributed by atoms with Crippen molar-refractivity contribution in [2.24, 2.45) is 0 Å². The van der Waals surface area contributed by atoms with Gasteiger partial charge in [0.1, 0.15) is 0 Å². The summed E-state index contributed by atoms with van der Waals surface area (Å²) in [7, 11) is 0. The molecule has 1 aromatic rings. The van der Waals surface area contributed by atoms with Crippen molar-refractivity contribution in [2.45, 2.75) is 58.7 Å². The Morgan fingerprint density at radius 2 is 2.15 bits per heavy atom. The minimum absolute atomic E-state index is 0.260. The number of aliphatic hydroxyl groups excluding tert-OH is 1. The Balaban J connectivity index is 2.11. The topological polar surface area (TPSA) is 35.5 Å². The third-order valence-electron chi connectivity index (χ3n) is 4.20. The van der Waals surface area contributed by atoms with Gasteiger partial charge in [0, 0.05) is 24.8 Å². The van der Waals surface area contributed by atoms with Gasteiger partial charge < -0.3 is 15.3 Å². The molecule has 1 aromatic carbocycles. The minimum atomic E-state index is 0.260. The summed E-state index contributed by atoms with van der Waals surface area (Å²) >= 11 is 0. The van der Waals surface area contributed by atoms with Crippen LogP contribution in [0.4, 0.5) is 5.69 Å². The molecule has 2 rings (SSSR count). The van der Waals surface area contributed by atoms with E-state index in [2.05, 4.69) is 49.2 Å². The number of anilines is 1. The van der Waals surface area contributed by atoms with Gasteiger partial charge in [0.15, 0.2) is 0 Å². The first kappa shape index (κ1) is 15.3. The van der Waals surface area contributed by atoms with Gasteiger partial charge in [0.05, 0.1) is 12.6 Å². The molecule has 1 heterocycles. The summed E-state index contributed by atoms with van der Waals surface area (Å²) in [6.07, 6.45) is 3.56. The fraction of sp³-hybridized carbons (Fsp3) is 0.647. The maximum atomic E-state index is 9.54. The van der Waals surface area contributed by atoms with E-state index in [9.17, 15) is 5.11 Å². The van der Waals surface area contributed by atoms with Crippen molar-refractivity contribution in [1.82, 2.24) is 5.32 Å². The number of nitrogens with zero attached hydrogens (tertiary/aromatic N) is 1. The first-order valence-corrected chi connectivity index (χ1v) is 7.82. The molecule has 1 aliphatic rings. The smallest absolute Gasteiger partial charge is 0.0635 e. The van der Waals surface area contributed by atoms with Crippen LogP contribution in [-0.4, -0.2) is 30.3 Å². The largest absolute Gasteiger partial charge is 0.394 e. The zero-order chi connectivity index (χ0) is 14.5. The zero-order valence-corrected chi connectivity index (χ0v) is 13.0. The van der Waals surface area contributed by atoms with Gasteiger partial charge in [-0.05, 0) is 49.4 Å². The van der Waals surface area contributed by atoms with E-state index in [-0.39, 0.29) is 6.61 Å². The Kier molecular flexibility index (Phi) is 5.44. The van der Waals surface area contributed by atoms with E-state index in [1.165, 1.54) is 29.7 Å². The second-order valence-corrected chi connectivity index (χ2v) is 6.17. The first-order chi connectivity index (χ1) is 9.61. The van der Waals surface area contributed by atoms with Crippen molar-refractivity contribution >= 4 is 5.69 Å². The van der Waals surface area contributed by atoms with Gasteiger partial charge in [-0.15, -0.1) is 0 Å². The van der Waals surface area contributed by atoms with Crippen LogP contribution in [0.3, 0.4) is 0 Å². The molecule has 0 saturated carbocycles. The summed E-state index contributed by atoms with van der Waals surface area (Å²) in [6, 6.07) is 7.50. The van der Waals surface area contributed by atoms with Gasteiger partial charge in [0.2, 0.25) is 0 Å². The molecule has 112 valence electrons. The third-order valence-corrected chi connectivity index (χ3v) is 4.20. The van der Waals surface area contributed by atoms with E-state index in [1.807, 2.05) is 0 Å². The van der Waals surface area contributed by atoms with E-state index in [0.29, 0.717) is 12.1 Å². The molecule has 0 radical (unpaired) electrons. The molecule has 1 saturated heterocycles. The average molecular weight is 276 g/mol. The molecule has 1 unspecified atom stereocenters. The summed E-state index contributed by atoms with van der Waals surface area (Å²) in [5.74, 6) is 0. The number of hydrogen-bond acceptors (Lipinski definition) is 3. The summed E-state index contributed by atoms with van der Waals surface area (Å²) in [5.41, 5.74) is 3.95. The van der Waals surface area contributed by atoms with Crippen molar-refractivity contribution in [3.05, 3.63) is 29.3 Å². The van der Waals surface area contributed by atoms with E-state index < -0.39 is 0 Å². The van der Waals surface area contributed by atoms with Crippen LogP contribution < -0.4 is 10.2 Å². The van der Waals surface area contributed by atoms with Crippen molar-refractivity contribution in [3.8, 4) is 0 Å². The minimum Gasteiger partial charge on any atom is -0.394 e. The second-order valence-electron chi connectivity index (χ2n) is 6.17. The molecule has 0 aromatic heterocycles. The average Bonchev–Trinajstić information content (AvgIpc) is 2.45.